The SMILES string of the molecule is CCCC(C)Oc1c(Cl)cc(CCl)cc1OC. The van der Waals surface area contributed by atoms with Gasteiger partial charge >= 0.3 is 0 Å². The number of halogens is 2. The summed E-state index contributed by atoms with van der Waals surface area (Å²) in [6, 6.07) is 3.66. The van der Waals surface area contributed by atoms with Crippen LogP contribution in [0, 0.1) is 0 Å². The van der Waals surface area contributed by atoms with Crippen LogP contribution < -0.4 is 9.47 Å². The Morgan fingerprint density at radius 3 is 2.59 bits per heavy atom. The van der Waals surface area contributed by atoms with Crippen molar-refractivity contribution < 1.29 is 9.47 Å². The maximum absolute atomic E-state index is 6.17. The third kappa shape index (κ3) is 3.97. The number of rotatable bonds is 6. The molecule has 0 spiro atoms. The second-order valence-corrected chi connectivity index (χ2v) is 4.63. The van der Waals surface area contributed by atoms with E-state index in [-0.39, 0.29) is 6.10 Å². The van der Waals surface area contributed by atoms with Crippen LogP contribution in [0.25, 0.3) is 0 Å². The molecule has 0 aliphatic carbocycles. The van der Waals surface area contributed by atoms with E-state index in [9.17, 15) is 0 Å². The van der Waals surface area contributed by atoms with E-state index in [1.165, 1.54) is 0 Å². The molecule has 0 aromatic heterocycles. The Morgan fingerprint density at radius 1 is 1.35 bits per heavy atom. The minimum atomic E-state index is 0.119. The molecule has 0 radical (unpaired) electrons. The van der Waals surface area contributed by atoms with Crippen molar-refractivity contribution in [2.24, 2.45) is 0 Å². The minimum absolute atomic E-state index is 0.119. The Morgan fingerprint density at radius 2 is 2.06 bits per heavy atom. The van der Waals surface area contributed by atoms with Crippen LogP contribution >= 0.6 is 23.2 Å². The number of ether oxygens (including phenoxy) is 2. The lowest BCUT2D eigenvalue weighted by Crippen LogP contribution is -2.12. The van der Waals surface area contributed by atoms with Crippen molar-refractivity contribution >= 4 is 23.2 Å². The van der Waals surface area contributed by atoms with E-state index in [2.05, 4.69) is 6.92 Å². The zero-order valence-corrected chi connectivity index (χ0v) is 11.9. The average molecular weight is 277 g/mol. The smallest absolute Gasteiger partial charge is 0.180 e. The van der Waals surface area contributed by atoms with Crippen LogP contribution in [-0.2, 0) is 5.88 Å². The van der Waals surface area contributed by atoms with Gasteiger partial charge in [0.15, 0.2) is 11.5 Å². The van der Waals surface area contributed by atoms with Crippen LogP contribution in [-0.4, -0.2) is 13.2 Å². The molecule has 17 heavy (non-hydrogen) atoms. The zero-order valence-electron chi connectivity index (χ0n) is 10.4. The van der Waals surface area contributed by atoms with Gasteiger partial charge in [0.05, 0.1) is 18.2 Å². The molecule has 96 valence electrons. The molecule has 0 bridgehead atoms. The van der Waals surface area contributed by atoms with Gasteiger partial charge in [-0.1, -0.05) is 24.9 Å². The van der Waals surface area contributed by atoms with Gasteiger partial charge in [0, 0.05) is 5.88 Å². The summed E-state index contributed by atoms with van der Waals surface area (Å²) in [7, 11) is 1.60. The van der Waals surface area contributed by atoms with E-state index >= 15 is 0 Å². The van der Waals surface area contributed by atoms with Gasteiger partial charge < -0.3 is 9.47 Å². The molecular formula is C13H18Cl2O2. The summed E-state index contributed by atoms with van der Waals surface area (Å²) in [5.74, 6) is 1.64. The van der Waals surface area contributed by atoms with Crippen LogP contribution in [0.1, 0.15) is 32.3 Å². The Labute approximate surface area is 113 Å². The van der Waals surface area contributed by atoms with Crippen LogP contribution in [0.5, 0.6) is 11.5 Å². The first kappa shape index (κ1) is 14.5. The predicted molar refractivity (Wildman–Crippen MR) is 72.6 cm³/mol. The molecule has 1 aromatic rings. The maximum atomic E-state index is 6.17. The van der Waals surface area contributed by atoms with Gasteiger partial charge in [-0.15, -0.1) is 11.6 Å². The summed E-state index contributed by atoms with van der Waals surface area (Å²) in [6.07, 6.45) is 2.17. The standard InChI is InChI=1S/C13H18Cl2O2/c1-4-5-9(2)17-13-11(15)6-10(8-14)7-12(13)16-3/h6-7,9H,4-5,8H2,1-3H3. The highest BCUT2D eigenvalue weighted by molar-refractivity contribution is 6.32. The first-order valence-electron chi connectivity index (χ1n) is 5.71. The first-order valence-corrected chi connectivity index (χ1v) is 6.62. The number of benzene rings is 1. The summed E-state index contributed by atoms with van der Waals surface area (Å²) in [6.45, 7) is 4.14. The topological polar surface area (TPSA) is 18.5 Å². The fourth-order valence-electron chi connectivity index (χ4n) is 1.63. The van der Waals surface area contributed by atoms with Crippen LogP contribution in [0.2, 0.25) is 5.02 Å². The van der Waals surface area contributed by atoms with Crippen molar-refractivity contribution in [2.45, 2.75) is 38.7 Å². The lowest BCUT2D eigenvalue weighted by Gasteiger charge is -2.18. The quantitative estimate of drug-likeness (QED) is 0.704. The van der Waals surface area contributed by atoms with Crippen molar-refractivity contribution in [3.8, 4) is 11.5 Å². The Hall–Kier alpha value is -0.600. The third-order valence-corrected chi connectivity index (χ3v) is 3.05. The average Bonchev–Trinajstić information content (AvgIpc) is 2.31. The van der Waals surface area contributed by atoms with Crippen molar-refractivity contribution in [2.75, 3.05) is 7.11 Å². The molecule has 0 N–H and O–H groups in total. The Kier molecular flexibility index (Phi) is 5.93. The summed E-state index contributed by atoms with van der Waals surface area (Å²) in [5, 5.41) is 0.544. The number of alkyl halides is 1. The summed E-state index contributed by atoms with van der Waals surface area (Å²) in [5.41, 5.74) is 0.920. The fraction of sp³-hybridized carbons (Fsp3) is 0.538. The van der Waals surface area contributed by atoms with Gasteiger partial charge in [0.25, 0.3) is 0 Å². The molecule has 0 saturated carbocycles. The molecular weight excluding hydrogens is 259 g/mol. The van der Waals surface area contributed by atoms with Crippen molar-refractivity contribution in [3.05, 3.63) is 22.7 Å². The Bertz CT molecular complexity index is 367. The fourth-order valence-corrected chi connectivity index (χ4v) is 2.06. The molecule has 0 amide bonds. The summed E-state index contributed by atoms with van der Waals surface area (Å²) < 4.78 is 11.1. The predicted octanol–water partition coefficient (Wildman–Crippen LogP) is 4.65. The van der Waals surface area contributed by atoms with Gasteiger partial charge in [-0.25, -0.2) is 0 Å². The van der Waals surface area contributed by atoms with E-state index < -0.39 is 0 Å². The molecule has 0 fully saturated rings. The number of methoxy groups -OCH3 is 1. The molecule has 0 saturated heterocycles. The Balaban J connectivity index is 2.97. The molecule has 0 aliphatic heterocycles. The van der Waals surface area contributed by atoms with Gasteiger partial charge in [0.1, 0.15) is 0 Å². The van der Waals surface area contributed by atoms with Crippen molar-refractivity contribution in [3.63, 3.8) is 0 Å². The van der Waals surface area contributed by atoms with E-state index in [0.29, 0.717) is 22.4 Å². The second kappa shape index (κ2) is 6.97. The molecule has 1 rings (SSSR count). The van der Waals surface area contributed by atoms with Crippen molar-refractivity contribution in [1.82, 2.24) is 0 Å². The van der Waals surface area contributed by atoms with Gasteiger partial charge in [-0.3, -0.25) is 0 Å². The van der Waals surface area contributed by atoms with E-state index in [1.54, 1.807) is 7.11 Å². The van der Waals surface area contributed by atoms with Crippen LogP contribution in [0.3, 0.4) is 0 Å². The molecule has 2 nitrogen and oxygen atoms in total. The molecule has 0 heterocycles. The normalized spacial score (nSPS) is 12.3. The minimum Gasteiger partial charge on any atom is -0.493 e. The van der Waals surface area contributed by atoms with E-state index in [4.69, 9.17) is 32.7 Å². The molecule has 1 unspecified atom stereocenters. The van der Waals surface area contributed by atoms with Gasteiger partial charge in [-0.2, -0.15) is 0 Å². The molecule has 0 aliphatic rings. The lowest BCUT2D eigenvalue weighted by molar-refractivity contribution is 0.201. The third-order valence-electron chi connectivity index (χ3n) is 2.46. The van der Waals surface area contributed by atoms with Crippen LogP contribution in [0.4, 0.5) is 0 Å². The highest BCUT2D eigenvalue weighted by atomic mass is 35.5. The molecule has 1 atom stereocenters. The lowest BCUT2D eigenvalue weighted by atomic mass is 10.2. The summed E-state index contributed by atoms with van der Waals surface area (Å²) >= 11 is 12.0. The zero-order chi connectivity index (χ0) is 12.8. The largest absolute Gasteiger partial charge is 0.493 e. The molecule has 1 aromatic carbocycles. The van der Waals surface area contributed by atoms with Crippen molar-refractivity contribution in [1.29, 1.82) is 0 Å². The molecule has 4 heteroatoms. The highest BCUT2D eigenvalue weighted by Crippen LogP contribution is 2.37. The van der Waals surface area contributed by atoms with E-state index in [0.717, 1.165) is 18.4 Å². The second-order valence-electron chi connectivity index (χ2n) is 3.96. The van der Waals surface area contributed by atoms with E-state index in [1.807, 2.05) is 19.1 Å². The van der Waals surface area contributed by atoms with Gasteiger partial charge in [0.2, 0.25) is 0 Å². The number of hydrogen-bond donors (Lipinski definition) is 0. The summed E-state index contributed by atoms with van der Waals surface area (Å²) in [4.78, 5) is 0. The maximum Gasteiger partial charge on any atom is 0.180 e. The first-order chi connectivity index (χ1) is 8.12. The number of hydrogen-bond acceptors (Lipinski definition) is 2. The monoisotopic (exact) mass is 276 g/mol. The van der Waals surface area contributed by atoms with Crippen LogP contribution in [0.15, 0.2) is 12.1 Å². The van der Waals surface area contributed by atoms with Gasteiger partial charge in [-0.05, 0) is 31.0 Å². The highest BCUT2D eigenvalue weighted by Gasteiger charge is 2.14.